The number of nitriles is 1. The Labute approximate surface area is 157 Å². The van der Waals surface area contributed by atoms with Gasteiger partial charge in [-0.25, -0.2) is 4.79 Å². The van der Waals surface area contributed by atoms with Crippen LogP contribution in [0.3, 0.4) is 0 Å². The summed E-state index contributed by atoms with van der Waals surface area (Å²) in [6.07, 6.45) is 0.458. The van der Waals surface area contributed by atoms with Crippen molar-refractivity contribution in [1.82, 2.24) is 10.6 Å². The van der Waals surface area contributed by atoms with Crippen LogP contribution in [0.1, 0.15) is 74.7 Å². The number of ether oxygens (including phenoxy) is 1. The van der Waals surface area contributed by atoms with Gasteiger partial charge in [0, 0.05) is 0 Å². The van der Waals surface area contributed by atoms with Crippen LogP contribution in [0.2, 0.25) is 0 Å². The monoisotopic (exact) mass is 369 g/mol. The summed E-state index contributed by atoms with van der Waals surface area (Å²) in [6.45, 7) is 16.2. The number of amides is 2. The van der Waals surface area contributed by atoms with Gasteiger partial charge in [-0.2, -0.15) is 5.26 Å². The van der Waals surface area contributed by atoms with Gasteiger partial charge in [-0.3, -0.25) is 4.79 Å². The van der Waals surface area contributed by atoms with Crippen molar-refractivity contribution in [3.63, 3.8) is 0 Å². The number of carbonyl (C=O) groups excluding carboxylic acids is 1. The third-order valence-corrected chi connectivity index (χ3v) is 3.26. The van der Waals surface area contributed by atoms with Gasteiger partial charge in [-0.15, -0.1) is 0 Å². The Bertz CT molecular complexity index is 508. The highest BCUT2D eigenvalue weighted by atomic mass is 16.5. The van der Waals surface area contributed by atoms with Crippen LogP contribution in [0, 0.1) is 17.2 Å². The zero-order valence-electron chi connectivity index (χ0n) is 17.4. The third kappa shape index (κ3) is 11.7. The number of nitrogens with one attached hydrogen (secondary N) is 2. The van der Waals surface area contributed by atoms with Crippen molar-refractivity contribution in [3.05, 3.63) is 0 Å². The molecule has 1 atom stereocenters. The Kier molecular flexibility index (Phi) is 8.58. The Hall–Kier alpha value is -1.81. The summed E-state index contributed by atoms with van der Waals surface area (Å²) in [4.78, 5) is 22.4. The normalized spacial score (nSPS) is 16.6. The fourth-order valence-corrected chi connectivity index (χ4v) is 2.48. The second-order valence-corrected chi connectivity index (χ2v) is 9.14. The minimum absolute atomic E-state index is 0.0156. The molecule has 0 saturated heterocycles. The summed E-state index contributed by atoms with van der Waals surface area (Å²) in [5.74, 6) is -0.227. The summed E-state index contributed by atoms with van der Waals surface area (Å²) < 4.78 is 5.62. The lowest BCUT2D eigenvalue weighted by Crippen LogP contribution is -2.50. The van der Waals surface area contributed by atoms with Crippen LogP contribution >= 0.6 is 0 Å². The molecule has 0 aromatic heterocycles. The topological polar surface area (TPSA) is 111 Å². The molecule has 0 aromatic carbocycles. The second kappa shape index (κ2) is 9.22. The van der Waals surface area contributed by atoms with Crippen LogP contribution in [-0.2, 0) is 9.53 Å². The molecule has 1 rings (SSSR count). The first-order valence-electron chi connectivity index (χ1n) is 9.02. The average molecular weight is 370 g/mol. The molecule has 0 heterocycles. The van der Waals surface area contributed by atoms with Gasteiger partial charge < -0.3 is 20.5 Å². The van der Waals surface area contributed by atoms with E-state index in [0.717, 1.165) is 0 Å². The molecule has 0 bridgehead atoms. The molecule has 0 spiro atoms. The van der Waals surface area contributed by atoms with Crippen LogP contribution in [0.5, 0.6) is 0 Å². The van der Waals surface area contributed by atoms with Gasteiger partial charge in [-0.05, 0) is 66.7 Å². The molecule has 1 aliphatic rings. The fraction of sp³-hybridized carbons (Fsp3) is 0.842. The number of carboxylic acid groups (broad SMARTS) is 1. The summed E-state index contributed by atoms with van der Waals surface area (Å²) in [5, 5.41) is 22.3. The summed E-state index contributed by atoms with van der Waals surface area (Å²) in [6, 6.07) is 1.24. The van der Waals surface area contributed by atoms with Gasteiger partial charge in [-0.1, -0.05) is 13.8 Å². The lowest BCUT2D eigenvalue weighted by atomic mass is 10.0. The van der Waals surface area contributed by atoms with Gasteiger partial charge >= 0.3 is 6.09 Å². The first kappa shape index (κ1) is 24.2. The molecule has 3 N–H and O–H groups in total. The van der Waals surface area contributed by atoms with Crippen LogP contribution in [0.25, 0.3) is 0 Å². The quantitative estimate of drug-likeness (QED) is 0.687. The third-order valence-electron chi connectivity index (χ3n) is 3.26. The first-order valence-corrected chi connectivity index (χ1v) is 9.02. The van der Waals surface area contributed by atoms with E-state index in [0.29, 0.717) is 19.3 Å². The second-order valence-electron chi connectivity index (χ2n) is 9.14. The van der Waals surface area contributed by atoms with Crippen LogP contribution in [-0.4, -0.2) is 39.9 Å². The number of carbonyl (C=O) groups is 2. The zero-order valence-corrected chi connectivity index (χ0v) is 17.4. The van der Waals surface area contributed by atoms with Gasteiger partial charge in [0.05, 0.1) is 17.3 Å². The summed E-state index contributed by atoms with van der Waals surface area (Å²) in [5.41, 5.74) is -0.789. The molecule has 1 fully saturated rings. The lowest BCUT2D eigenvalue weighted by Gasteiger charge is -2.30. The number of hydrogen-bond acceptors (Lipinski definition) is 4. The lowest BCUT2D eigenvalue weighted by molar-refractivity contribution is -0.124. The molecule has 0 radical (unpaired) electrons. The van der Waals surface area contributed by atoms with E-state index in [-0.39, 0.29) is 17.1 Å². The molecule has 7 heteroatoms. The van der Waals surface area contributed by atoms with E-state index in [2.05, 4.69) is 52.2 Å². The van der Waals surface area contributed by atoms with Gasteiger partial charge in [0.2, 0.25) is 5.91 Å². The highest BCUT2D eigenvalue weighted by molar-refractivity contribution is 5.86. The van der Waals surface area contributed by atoms with Crippen LogP contribution in [0.4, 0.5) is 4.79 Å². The maximum absolute atomic E-state index is 11.8. The molecule has 0 unspecified atom stereocenters. The Morgan fingerprint density at radius 3 is 1.85 bits per heavy atom. The zero-order chi connectivity index (χ0) is 20.8. The summed E-state index contributed by atoms with van der Waals surface area (Å²) >= 11 is 0. The molecular weight excluding hydrogens is 334 g/mol. The van der Waals surface area contributed by atoms with Crippen molar-refractivity contribution in [2.75, 3.05) is 0 Å². The first-order chi connectivity index (χ1) is 11.6. The highest BCUT2D eigenvalue weighted by Gasteiger charge is 2.45. The average Bonchev–Trinajstić information content (AvgIpc) is 3.13. The SMILES string of the molecule is CC(C)(C)OC(C)(C)C.CC(C)C[C@H](NC(=O)O)C(=O)NC1(C#N)CC1. The molecule has 0 aromatic rings. The van der Waals surface area contributed by atoms with E-state index in [4.69, 9.17) is 15.1 Å². The maximum atomic E-state index is 11.8. The largest absolute Gasteiger partial charge is 0.465 e. The molecule has 26 heavy (non-hydrogen) atoms. The smallest absolute Gasteiger partial charge is 0.405 e. The van der Waals surface area contributed by atoms with Crippen LogP contribution in [0.15, 0.2) is 0 Å². The number of nitrogens with zero attached hydrogens (tertiary/aromatic N) is 1. The standard InChI is InChI=1S/C11H17N3O3.C8H18O/c1-7(2)5-8(13-10(16)17)9(15)14-11(6-12)3-4-11;1-7(2,3)9-8(4,5)6/h7-8,13H,3-5H2,1-2H3,(H,14,15)(H,16,17);1-6H3/t8-;/m0./s1. The number of hydrogen-bond donors (Lipinski definition) is 3. The van der Waals surface area contributed by atoms with Crippen molar-refractivity contribution >= 4 is 12.0 Å². The van der Waals surface area contributed by atoms with Gasteiger partial charge in [0.25, 0.3) is 0 Å². The Morgan fingerprint density at radius 1 is 1.15 bits per heavy atom. The predicted molar refractivity (Wildman–Crippen MR) is 101 cm³/mol. The minimum Gasteiger partial charge on any atom is -0.465 e. The van der Waals surface area contributed by atoms with Gasteiger partial charge in [0.1, 0.15) is 11.6 Å². The molecule has 1 aliphatic carbocycles. The molecule has 150 valence electrons. The van der Waals surface area contributed by atoms with Crippen molar-refractivity contribution in [1.29, 1.82) is 5.26 Å². The van der Waals surface area contributed by atoms with E-state index >= 15 is 0 Å². The number of rotatable bonds is 5. The van der Waals surface area contributed by atoms with Crippen molar-refractivity contribution in [3.8, 4) is 6.07 Å². The molecule has 0 aliphatic heterocycles. The summed E-state index contributed by atoms with van der Waals surface area (Å²) in [7, 11) is 0. The van der Waals surface area contributed by atoms with E-state index in [1.165, 1.54) is 0 Å². The Balaban J connectivity index is 0.000000590. The molecular formula is C19H35N3O4. The van der Waals surface area contributed by atoms with Gasteiger partial charge in [0.15, 0.2) is 0 Å². The highest BCUT2D eigenvalue weighted by Crippen LogP contribution is 2.34. The van der Waals surface area contributed by atoms with Crippen molar-refractivity contribution in [2.24, 2.45) is 5.92 Å². The Morgan fingerprint density at radius 2 is 1.62 bits per heavy atom. The van der Waals surface area contributed by atoms with E-state index in [1.807, 2.05) is 19.9 Å². The van der Waals surface area contributed by atoms with Crippen LogP contribution < -0.4 is 10.6 Å². The molecule has 1 saturated carbocycles. The molecule has 7 nitrogen and oxygen atoms in total. The predicted octanol–water partition coefficient (Wildman–Crippen LogP) is 3.44. The van der Waals surface area contributed by atoms with E-state index in [9.17, 15) is 9.59 Å². The van der Waals surface area contributed by atoms with Crippen molar-refractivity contribution in [2.45, 2.75) is 97.4 Å². The fourth-order valence-electron chi connectivity index (χ4n) is 2.48. The van der Waals surface area contributed by atoms with E-state index < -0.39 is 23.6 Å². The minimum atomic E-state index is -1.23. The molecule has 2 amide bonds. The van der Waals surface area contributed by atoms with Crippen molar-refractivity contribution < 1.29 is 19.4 Å². The van der Waals surface area contributed by atoms with E-state index in [1.54, 1.807) is 0 Å². The maximum Gasteiger partial charge on any atom is 0.405 e.